The Kier molecular flexibility index (Phi) is 9.51. The van der Waals surface area contributed by atoms with Gasteiger partial charge < -0.3 is 10.6 Å². The van der Waals surface area contributed by atoms with Gasteiger partial charge in [-0.3, -0.25) is 0 Å². The van der Waals surface area contributed by atoms with Gasteiger partial charge in [0.15, 0.2) is 5.96 Å². The number of hydrogen-bond donors (Lipinski definition) is 2. The average molecular weight is 512 g/mol. The quantitative estimate of drug-likeness (QED) is 0.336. The molecule has 0 saturated heterocycles. The normalized spacial score (nSPS) is 11.9. The fourth-order valence-corrected chi connectivity index (χ4v) is 3.39. The van der Waals surface area contributed by atoms with Gasteiger partial charge in [0.1, 0.15) is 0 Å². The van der Waals surface area contributed by atoms with Gasteiger partial charge in [0, 0.05) is 24.4 Å². The minimum Gasteiger partial charge on any atom is -0.357 e. The summed E-state index contributed by atoms with van der Waals surface area (Å²) >= 11 is 1.68. The molecule has 2 rings (SSSR count). The molecule has 0 amide bonds. The summed E-state index contributed by atoms with van der Waals surface area (Å²) in [5.41, 5.74) is 0.908. The maximum Gasteiger partial charge on any atom is 0.416 e. The number of guanidine groups is 1. The van der Waals surface area contributed by atoms with Crippen molar-refractivity contribution in [2.24, 2.45) is 4.99 Å². The van der Waals surface area contributed by atoms with E-state index in [0.717, 1.165) is 29.3 Å². The summed E-state index contributed by atoms with van der Waals surface area (Å²) in [6, 6.07) is 5.25. The molecule has 0 aliphatic carbocycles. The van der Waals surface area contributed by atoms with Gasteiger partial charge in [-0.2, -0.15) is 13.2 Å². The first-order chi connectivity index (χ1) is 12.3. The van der Waals surface area contributed by atoms with Crippen molar-refractivity contribution in [3.05, 3.63) is 51.0 Å². The van der Waals surface area contributed by atoms with Crippen LogP contribution >= 0.6 is 35.3 Å². The zero-order valence-corrected chi connectivity index (χ0v) is 18.6. The predicted octanol–water partition coefficient (Wildman–Crippen LogP) is 4.69. The second-order valence-electron chi connectivity index (χ2n) is 5.81. The van der Waals surface area contributed by atoms with Crippen molar-refractivity contribution >= 4 is 41.3 Å². The fraction of sp³-hybridized carbons (Fsp3) is 0.444. The predicted molar refractivity (Wildman–Crippen MR) is 115 cm³/mol. The maximum absolute atomic E-state index is 12.8. The van der Waals surface area contributed by atoms with E-state index in [0.29, 0.717) is 24.6 Å². The third-order valence-electron chi connectivity index (χ3n) is 3.66. The smallest absolute Gasteiger partial charge is 0.357 e. The third kappa shape index (κ3) is 7.65. The van der Waals surface area contributed by atoms with E-state index >= 15 is 0 Å². The molecule has 4 nitrogen and oxygen atoms in total. The summed E-state index contributed by atoms with van der Waals surface area (Å²) in [4.78, 5) is 10.0. The average Bonchev–Trinajstić information content (AvgIpc) is 2.89. The van der Waals surface area contributed by atoms with E-state index in [1.54, 1.807) is 17.4 Å². The lowest BCUT2D eigenvalue weighted by Crippen LogP contribution is -2.38. The summed E-state index contributed by atoms with van der Waals surface area (Å²) in [5.74, 6) is 0.587. The molecular weight excluding hydrogens is 488 g/mol. The number of hydrogen-bond acceptors (Lipinski definition) is 3. The molecule has 0 aliphatic rings. The van der Waals surface area contributed by atoms with Crippen molar-refractivity contribution in [3.8, 4) is 0 Å². The molecule has 150 valence electrons. The lowest BCUT2D eigenvalue weighted by Gasteiger charge is -2.12. The molecule has 0 saturated carbocycles. The van der Waals surface area contributed by atoms with E-state index in [9.17, 15) is 13.2 Å². The van der Waals surface area contributed by atoms with E-state index in [1.807, 2.05) is 20.8 Å². The van der Waals surface area contributed by atoms with Crippen LogP contribution in [0.3, 0.4) is 0 Å². The molecule has 0 radical (unpaired) electrons. The Hall–Kier alpha value is -1.36. The molecule has 2 aromatic rings. The van der Waals surface area contributed by atoms with Crippen LogP contribution in [-0.2, 0) is 19.1 Å². The number of halogens is 4. The molecule has 0 spiro atoms. The van der Waals surface area contributed by atoms with Crippen LogP contribution in [0.5, 0.6) is 0 Å². The number of nitrogens with zero attached hydrogens (tertiary/aromatic N) is 2. The fourth-order valence-electron chi connectivity index (χ4n) is 2.46. The number of alkyl halides is 3. The highest BCUT2D eigenvalue weighted by molar-refractivity contribution is 14.0. The lowest BCUT2D eigenvalue weighted by molar-refractivity contribution is -0.137. The minimum absolute atomic E-state index is 0. The van der Waals surface area contributed by atoms with Crippen molar-refractivity contribution in [3.63, 3.8) is 0 Å². The van der Waals surface area contributed by atoms with Gasteiger partial charge in [0.2, 0.25) is 0 Å². The lowest BCUT2D eigenvalue weighted by atomic mass is 10.1. The summed E-state index contributed by atoms with van der Waals surface area (Å²) < 4.78 is 38.4. The van der Waals surface area contributed by atoms with Gasteiger partial charge in [0.05, 0.1) is 22.8 Å². The van der Waals surface area contributed by atoms with Crippen molar-refractivity contribution in [2.75, 3.05) is 13.1 Å². The Labute approximate surface area is 178 Å². The Morgan fingerprint density at radius 1 is 1.22 bits per heavy atom. The van der Waals surface area contributed by atoms with Crippen molar-refractivity contribution < 1.29 is 13.2 Å². The molecule has 9 heteroatoms. The molecule has 0 aliphatic heterocycles. The van der Waals surface area contributed by atoms with Crippen molar-refractivity contribution in [1.29, 1.82) is 0 Å². The second kappa shape index (κ2) is 10.8. The standard InChI is InChI=1S/C18H23F3N4S.HI/c1-4-22-17(23-9-8-16-12(2)25-13(3)26-16)24-11-14-6-5-7-15(10-14)18(19,20)21;/h5-7,10H,4,8-9,11H2,1-3H3,(H2,22,23,24);1H. The van der Waals surface area contributed by atoms with Gasteiger partial charge in [-0.1, -0.05) is 12.1 Å². The molecule has 1 heterocycles. The summed E-state index contributed by atoms with van der Waals surface area (Å²) in [6.07, 6.45) is -3.52. The first kappa shape index (κ1) is 23.7. The minimum atomic E-state index is -4.34. The molecule has 0 fully saturated rings. The summed E-state index contributed by atoms with van der Waals surface area (Å²) in [6.45, 7) is 7.45. The third-order valence-corrected chi connectivity index (χ3v) is 4.80. The maximum atomic E-state index is 12.8. The number of thiazole rings is 1. The zero-order valence-electron chi connectivity index (χ0n) is 15.5. The summed E-state index contributed by atoms with van der Waals surface area (Å²) in [5, 5.41) is 7.37. The molecule has 0 bridgehead atoms. The van der Waals surface area contributed by atoms with E-state index in [-0.39, 0.29) is 30.5 Å². The Balaban J connectivity index is 0.00000364. The number of aromatic nitrogens is 1. The Bertz CT molecular complexity index is 759. The van der Waals surface area contributed by atoms with Crippen LogP contribution < -0.4 is 10.6 Å². The van der Waals surface area contributed by atoms with E-state index in [4.69, 9.17) is 0 Å². The van der Waals surface area contributed by atoms with E-state index in [1.165, 1.54) is 10.9 Å². The van der Waals surface area contributed by atoms with Gasteiger partial charge >= 0.3 is 6.18 Å². The van der Waals surface area contributed by atoms with Crippen molar-refractivity contribution in [2.45, 2.75) is 39.9 Å². The largest absolute Gasteiger partial charge is 0.416 e. The first-order valence-corrected chi connectivity index (χ1v) is 9.22. The number of benzene rings is 1. The zero-order chi connectivity index (χ0) is 19.2. The van der Waals surface area contributed by atoms with E-state index in [2.05, 4.69) is 20.6 Å². The van der Waals surface area contributed by atoms with Gasteiger partial charge in [0.25, 0.3) is 0 Å². The monoisotopic (exact) mass is 512 g/mol. The molecule has 1 aromatic heterocycles. The molecule has 0 atom stereocenters. The van der Waals surface area contributed by atoms with Crippen LogP contribution in [-0.4, -0.2) is 24.0 Å². The molecule has 27 heavy (non-hydrogen) atoms. The van der Waals surface area contributed by atoms with Gasteiger partial charge in [-0.25, -0.2) is 9.98 Å². The summed E-state index contributed by atoms with van der Waals surface area (Å²) in [7, 11) is 0. The highest BCUT2D eigenvalue weighted by Gasteiger charge is 2.30. The molecule has 1 aromatic carbocycles. The molecule has 2 N–H and O–H groups in total. The molecular formula is C18H24F3IN4S. The van der Waals surface area contributed by atoms with Crippen LogP contribution in [0, 0.1) is 13.8 Å². The van der Waals surface area contributed by atoms with Crippen LogP contribution in [0.25, 0.3) is 0 Å². The van der Waals surface area contributed by atoms with Crippen LogP contribution in [0.1, 0.15) is 33.6 Å². The van der Waals surface area contributed by atoms with Crippen molar-refractivity contribution in [1.82, 2.24) is 15.6 Å². The van der Waals surface area contributed by atoms with E-state index < -0.39 is 11.7 Å². The number of rotatable bonds is 6. The topological polar surface area (TPSA) is 49.3 Å². The Morgan fingerprint density at radius 3 is 2.56 bits per heavy atom. The highest BCUT2D eigenvalue weighted by Crippen LogP contribution is 2.29. The number of nitrogens with one attached hydrogen (secondary N) is 2. The first-order valence-electron chi connectivity index (χ1n) is 8.40. The second-order valence-corrected chi connectivity index (χ2v) is 7.10. The van der Waals surface area contributed by atoms with Crippen LogP contribution in [0.2, 0.25) is 0 Å². The van der Waals surface area contributed by atoms with Gasteiger partial charge in [-0.05, 0) is 38.5 Å². The molecule has 0 unspecified atom stereocenters. The highest BCUT2D eigenvalue weighted by atomic mass is 127. The van der Waals surface area contributed by atoms with Gasteiger partial charge in [-0.15, -0.1) is 35.3 Å². The van der Waals surface area contributed by atoms with Crippen LogP contribution in [0.4, 0.5) is 13.2 Å². The number of aliphatic imine (C=N–C) groups is 1. The Morgan fingerprint density at radius 2 is 1.96 bits per heavy atom. The van der Waals surface area contributed by atoms with Crippen LogP contribution in [0.15, 0.2) is 29.3 Å². The number of aryl methyl sites for hydroxylation is 2. The SMILES string of the molecule is CCNC(=NCc1cccc(C(F)(F)F)c1)NCCc1sc(C)nc1C.I.